The number of hydrogen-bond donors (Lipinski definition) is 2. The van der Waals surface area contributed by atoms with E-state index in [0.29, 0.717) is 18.7 Å². The molecule has 1 saturated heterocycles. The molecule has 2 N–H and O–H groups in total. The number of nitrogens with one attached hydrogen (secondary N) is 1. The molecule has 0 radical (unpaired) electrons. The Hall–Kier alpha value is -0.780. The normalized spacial score (nSPS) is 18.5. The highest BCUT2D eigenvalue weighted by Crippen LogP contribution is 2.31. The molecular formula is C10H11ClF3NO. The van der Waals surface area contributed by atoms with E-state index in [-0.39, 0.29) is 12.4 Å². The monoisotopic (exact) mass is 253 g/mol. The molecule has 6 heteroatoms. The van der Waals surface area contributed by atoms with Gasteiger partial charge in [-0.2, -0.15) is 13.2 Å². The molecule has 16 heavy (non-hydrogen) atoms. The van der Waals surface area contributed by atoms with Gasteiger partial charge in [-0.15, -0.1) is 12.4 Å². The average molecular weight is 254 g/mol. The van der Waals surface area contributed by atoms with Crippen molar-refractivity contribution < 1.29 is 18.3 Å². The molecule has 1 aromatic carbocycles. The lowest BCUT2D eigenvalue weighted by atomic mass is 9.88. The van der Waals surface area contributed by atoms with Crippen LogP contribution in [0.2, 0.25) is 0 Å². The van der Waals surface area contributed by atoms with Gasteiger partial charge in [0, 0.05) is 13.1 Å². The number of rotatable bonds is 1. The van der Waals surface area contributed by atoms with Gasteiger partial charge in [-0.25, -0.2) is 0 Å². The maximum absolute atomic E-state index is 12.2. The third kappa shape index (κ3) is 2.31. The van der Waals surface area contributed by atoms with Gasteiger partial charge in [0.05, 0.1) is 5.56 Å². The average Bonchev–Trinajstić information content (AvgIpc) is 2.13. The Labute approximate surface area is 96.9 Å². The minimum atomic E-state index is -4.32. The van der Waals surface area contributed by atoms with Crippen LogP contribution in [0.4, 0.5) is 13.2 Å². The van der Waals surface area contributed by atoms with Crippen molar-refractivity contribution in [1.82, 2.24) is 5.32 Å². The maximum Gasteiger partial charge on any atom is 0.416 e. The predicted molar refractivity (Wildman–Crippen MR) is 55.5 cm³/mol. The Balaban J connectivity index is 0.00000128. The molecule has 1 fully saturated rings. The molecule has 0 aromatic heterocycles. The molecule has 0 amide bonds. The highest BCUT2D eigenvalue weighted by atomic mass is 35.5. The quantitative estimate of drug-likeness (QED) is 0.802. The fourth-order valence-electron chi connectivity index (χ4n) is 1.54. The Morgan fingerprint density at radius 3 is 1.94 bits per heavy atom. The zero-order chi connectivity index (χ0) is 11.1. The van der Waals surface area contributed by atoms with Crippen LogP contribution in [0.3, 0.4) is 0 Å². The molecule has 1 aliphatic heterocycles. The van der Waals surface area contributed by atoms with Crippen LogP contribution in [0.5, 0.6) is 0 Å². The summed E-state index contributed by atoms with van der Waals surface area (Å²) in [7, 11) is 0. The molecule has 0 bridgehead atoms. The van der Waals surface area contributed by atoms with Crippen molar-refractivity contribution in [3.63, 3.8) is 0 Å². The van der Waals surface area contributed by atoms with Crippen molar-refractivity contribution in [2.75, 3.05) is 13.1 Å². The van der Waals surface area contributed by atoms with Gasteiger partial charge in [0.2, 0.25) is 0 Å². The lowest BCUT2D eigenvalue weighted by molar-refractivity contribution is -0.137. The van der Waals surface area contributed by atoms with E-state index in [1.165, 1.54) is 12.1 Å². The molecule has 0 atom stereocenters. The summed E-state index contributed by atoms with van der Waals surface area (Å²) in [6.45, 7) is 0.775. The lowest BCUT2D eigenvalue weighted by Crippen LogP contribution is -2.56. The van der Waals surface area contributed by atoms with E-state index < -0.39 is 17.3 Å². The first-order chi connectivity index (χ1) is 6.92. The number of β-amino-alcohol motifs (C(OH)–C–C–N with tert-alkyl or cyclic N) is 1. The highest BCUT2D eigenvalue weighted by molar-refractivity contribution is 5.85. The van der Waals surface area contributed by atoms with E-state index >= 15 is 0 Å². The second-order valence-electron chi connectivity index (χ2n) is 3.71. The van der Waals surface area contributed by atoms with Crippen molar-refractivity contribution in [3.8, 4) is 0 Å². The molecule has 2 rings (SSSR count). The van der Waals surface area contributed by atoms with Crippen LogP contribution in [0, 0.1) is 0 Å². The Morgan fingerprint density at radius 1 is 1.12 bits per heavy atom. The summed E-state index contributed by atoms with van der Waals surface area (Å²) < 4.78 is 36.7. The van der Waals surface area contributed by atoms with Gasteiger partial charge in [-0.05, 0) is 17.7 Å². The van der Waals surface area contributed by atoms with Gasteiger partial charge < -0.3 is 10.4 Å². The smallest absolute Gasteiger partial charge is 0.382 e. The first-order valence-electron chi connectivity index (χ1n) is 4.53. The van der Waals surface area contributed by atoms with Gasteiger partial charge >= 0.3 is 6.18 Å². The SMILES string of the molecule is Cl.OC1(c2ccc(C(F)(F)F)cc2)CNC1. The fourth-order valence-corrected chi connectivity index (χ4v) is 1.54. The van der Waals surface area contributed by atoms with Crippen molar-refractivity contribution in [2.24, 2.45) is 0 Å². The van der Waals surface area contributed by atoms with E-state index in [0.717, 1.165) is 12.1 Å². The summed E-state index contributed by atoms with van der Waals surface area (Å²) in [5, 5.41) is 12.7. The number of halogens is 4. The third-order valence-electron chi connectivity index (χ3n) is 2.58. The fraction of sp³-hybridized carbons (Fsp3) is 0.400. The summed E-state index contributed by atoms with van der Waals surface area (Å²) >= 11 is 0. The van der Waals surface area contributed by atoms with Crippen molar-refractivity contribution in [3.05, 3.63) is 35.4 Å². The topological polar surface area (TPSA) is 32.3 Å². The minimum absolute atomic E-state index is 0. The second-order valence-corrected chi connectivity index (χ2v) is 3.71. The zero-order valence-electron chi connectivity index (χ0n) is 8.21. The minimum Gasteiger partial charge on any atom is -0.382 e. The van der Waals surface area contributed by atoms with Crippen molar-refractivity contribution in [2.45, 2.75) is 11.8 Å². The summed E-state index contributed by atoms with van der Waals surface area (Å²) in [4.78, 5) is 0. The molecule has 2 nitrogen and oxygen atoms in total. The summed E-state index contributed by atoms with van der Waals surface area (Å²) in [5.74, 6) is 0. The van der Waals surface area contributed by atoms with E-state index in [1.54, 1.807) is 0 Å². The predicted octanol–water partition coefficient (Wildman–Crippen LogP) is 1.92. The zero-order valence-corrected chi connectivity index (χ0v) is 9.03. The molecule has 0 unspecified atom stereocenters. The van der Waals surface area contributed by atoms with Crippen LogP contribution in [0.25, 0.3) is 0 Å². The van der Waals surface area contributed by atoms with E-state index in [4.69, 9.17) is 0 Å². The van der Waals surface area contributed by atoms with Crippen LogP contribution < -0.4 is 5.32 Å². The third-order valence-corrected chi connectivity index (χ3v) is 2.58. The van der Waals surface area contributed by atoms with Crippen LogP contribution in [0.1, 0.15) is 11.1 Å². The van der Waals surface area contributed by atoms with Gasteiger partial charge in [-0.3, -0.25) is 0 Å². The van der Waals surface area contributed by atoms with Gasteiger partial charge in [-0.1, -0.05) is 12.1 Å². The molecule has 1 aromatic rings. The molecule has 90 valence electrons. The molecule has 1 heterocycles. The molecule has 0 saturated carbocycles. The molecule has 0 spiro atoms. The Kier molecular flexibility index (Phi) is 3.52. The number of alkyl halides is 3. The largest absolute Gasteiger partial charge is 0.416 e. The van der Waals surface area contributed by atoms with E-state index in [9.17, 15) is 18.3 Å². The van der Waals surface area contributed by atoms with E-state index in [1.807, 2.05) is 0 Å². The van der Waals surface area contributed by atoms with Gasteiger partial charge in [0.25, 0.3) is 0 Å². The first kappa shape index (κ1) is 13.3. The number of hydrogen-bond acceptors (Lipinski definition) is 2. The van der Waals surface area contributed by atoms with Crippen molar-refractivity contribution in [1.29, 1.82) is 0 Å². The first-order valence-corrected chi connectivity index (χ1v) is 4.53. The Morgan fingerprint density at radius 2 is 1.62 bits per heavy atom. The number of aliphatic hydroxyl groups is 1. The highest BCUT2D eigenvalue weighted by Gasteiger charge is 2.37. The van der Waals surface area contributed by atoms with Crippen LogP contribution in [-0.4, -0.2) is 18.2 Å². The maximum atomic E-state index is 12.2. The summed E-state index contributed by atoms with van der Waals surface area (Å²) in [6, 6.07) is 4.63. The van der Waals surface area contributed by atoms with Crippen LogP contribution in [0.15, 0.2) is 24.3 Å². The van der Waals surface area contributed by atoms with Crippen LogP contribution >= 0.6 is 12.4 Å². The molecule has 1 aliphatic rings. The van der Waals surface area contributed by atoms with Gasteiger partial charge in [0.1, 0.15) is 5.60 Å². The van der Waals surface area contributed by atoms with Crippen LogP contribution in [-0.2, 0) is 11.8 Å². The van der Waals surface area contributed by atoms with Gasteiger partial charge in [0.15, 0.2) is 0 Å². The Bertz CT molecular complexity index is 359. The van der Waals surface area contributed by atoms with E-state index in [2.05, 4.69) is 5.32 Å². The number of benzene rings is 1. The summed E-state index contributed by atoms with van der Waals surface area (Å²) in [6.07, 6.45) is -4.32. The summed E-state index contributed by atoms with van der Waals surface area (Å²) in [5.41, 5.74) is -1.17. The molecule has 0 aliphatic carbocycles. The lowest BCUT2D eigenvalue weighted by Gasteiger charge is -2.38. The standard InChI is InChI=1S/C10H10F3NO.ClH/c11-10(12,13)8-3-1-7(2-4-8)9(15)5-14-6-9;/h1-4,14-15H,5-6H2;1H. The van der Waals surface area contributed by atoms with Crippen molar-refractivity contribution >= 4 is 12.4 Å². The second kappa shape index (κ2) is 4.24. The molecular weight excluding hydrogens is 243 g/mol.